The van der Waals surface area contributed by atoms with E-state index >= 15 is 0 Å². The Morgan fingerprint density at radius 2 is 1.88 bits per heavy atom. The van der Waals surface area contributed by atoms with Gasteiger partial charge in [0.2, 0.25) is 0 Å². The zero-order valence-electron chi connectivity index (χ0n) is 14.1. The van der Waals surface area contributed by atoms with Crippen molar-refractivity contribution in [1.29, 1.82) is 0 Å². The van der Waals surface area contributed by atoms with E-state index in [9.17, 15) is 4.79 Å². The van der Waals surface area contributed by atoms with Gasteiger partial charge in [-0.15, -0.1) is 5.10 Å². The van der Waals surface area contributed by atoms with E-state index in [4.69, 9.17) is 0 Å². The van der Waals surface area contributed by atoms with Gasteiger partial charge in [-0.3, -0.25) is 4.79 Å². The van der Waals surface area contributed by atoms with Crippen LogP contribution < -0.4 is 0 Å². The smallest absolute Gasteiger partial charge is 0.272 e. The lowest BCUT2D eigenvalue weighted by Crippen LogP contribution is -2.49. The first-order valence-electron chi connectivity index (χ1n) is 8.22. The fourth-order valence-corrected chi connectivity index (χ4v) is 2.80. The van der Waals surface area contributed by atoms with Crippen molar-refractivity contribution in [3.8, 4) is 0 Å². The molecule has 126 valence electrons. The summed E-state index contributed by atoms with van der Waals surface area (Å²) in [6.07, 6.45) is 1.85. The van der Waals surface area contributed by atoms with Crippen LogP contribution in [0.2, 0.25) is 0 Å². The molecule has 0 atom stereocenters. The molecule has 0 unspecified atom stereocenters. The molecular weight excluding hydrogens is 304 g/mol. The number of rotatable bonds is 4. The number of aromatic nitrogens is 4. The number of aryl methyl sites for hydroxylation is 1. The van der Waals surface area contributed by atoms with Gasteiger partial charge in [0.15, 0.2) is 5.82 Å². The number of hydrogen-bond acceptors (Lipinski definition) is 5. The molecule has 0 radical (unpaired) electrons. The Labute approximate surface area is 141 Å². The second-order valence-electron chi connectivity index (χ2n) is 5.80. The van der Waals surface area contributed by atoms with Crippen LogP contribution in [0.25, 0.3) is 11.8 Å². The Morgan fingerprint density at radius 3 is 2.46 bits per heavy atom. The highest BCUT2D eigenvalue weighted by atomic mass is 16.2. The number of carbonyl (C=O) groups is 1. The Hall–Kier alpha value is -2.54. The van der Waals surface area contributed by atoms with Crippen molar-refractivity contribution in [3.63, 3.8) is 0 Å². The number of benzene rings is 1. The lowest BCUT2D eigenvalue weighted by Gasteiger charge is -2.34. The van der Waals surface area contributed by atoms with Crippen molar-refractivity contribution >= 4 is 17.7 Å². The van der Waals surface area contributed by atoms with Crippen molar-refractivity contribution < 1.29 is 4.79 Å². The monoisotopic (exact) mass is 326 g/mol. The standard InChI is InChI=1S/C17H22N6O/c1-3-21-9-11-22(12-10-21)17(24)16(23-14(2)18-19-20-23)13-15-7-5-4-6-8-15/h4-8,13H,3,9-12H2,1-2H3/b16-13+. The van der Waals surface area contributed by atoms with Crippen LogP contribution in [0.1, 0.15) is 18.3 Å². The minimum Gasteiger partial charge on any atom is -0.335 e. The number of piperazine rings is 1. The fraction of sp³-hybridized carbons (Fsp3) is 0.412. The minimum atomic E-state index is -0.0370. The number of carbonyl (C=O) groups excluding carboxylic acids is 1. The third-order valence-electron chi connectivity index (χ3n) is 4.28. The van der Waals surface area contributed by atoms with Crippen LogP contribution in [0.3, 0.4) is 0 Å². The van der Waals surface area contributed by atoms with Gasteiger partial charge in [-0.25, -0.2) is 0 Å². The van der Waals surface area contributed by atoms with Crippen LogP contribution in [-0.2, 0) is 4.79 Å². The molecule has 1 aliphatic rings. The van der Waals surface area contributed by atoms with E-state index < -0.39 is 0 Å². The molecule has 0 spiro atoms. The van der Waals surface area contributed by atoms with Gasteiger partial charge < -0.3 is 9.80 Å². The van der Waals surface area contributed by atoms with Gasteiger partial charge in [0.05, 0.1) is 0 Å². The van der Waals surface area contributed by atoms with E-state index in [-0.39, 0.29) is 5.91 Å². The second-order valence-corrected chi connectivity index (χ2v) is 5.80. The summed E-state index contributed by atoms with van der Waals surface area (Å²) < 4.78 is 1.52. The van der Waals surface area contributed by atoms with E-state index in [1.165, 1.54) is 4.68 Å². The molecule has 1 saturated heterocycles. The number of likely N-dealkylation sites (N-methyl/N-ethyl adjacent to an activating group) is 1. The summed E-state index contributed by atoms with van der Waals surface area (Å²) in [5, 5.41) is 11.6. The minimum absolute atomic E-state index is 0.0370. The van der Waals surface area contributed by atoms with Crippen LogP contribution in [0.4, 0.5) is 0 Å². The quantitative estimate of drug-likeness (QED) is 0.788. The number of hydrogen-bond donors (Lipinski definition) is 0. The van der Waals surface area contributed by atoms with Crippen LogP contribution in [0.5, 0.6) is 0 Å². The predicted octanol–water partition coefficient (Wildman–Crippen LogP) is 1.14. The van der Waals surface area contributed by atoms with E-state index in [1.54, 1.807) is 6.92 Å². The number of nitrogens with zero attached hydrogens (tertiary/aromatic N) is 6. The van der Waals surface area contributed by atoms with Gasteiger partial charge in [0.1, 0.15) is 5.70 Å². The third kappa shape index (κ3) is 3.51. The highest BCUT2D eigenvalue weighted by Crippen LogP contribution is 2.16. The van der Waals surface area contributed by atoms with Gasteiger partial charge >= 0.3 is 0 Å². The third-order valence-corrected chi connectivity index (χ3v) is 4.28. The number of amides is 1. The van der Waals surface area contributed by atoms with E-state index in [0.29, 0.717) is 11.5 Å². The van der Waals surface area contributed by atoms with Crippen LogP contribution in [0, 0.1) is 6.92 Å². The van der Waals surface area contributed by atoms with Crippen molar-refractivity contribution in [1.82, 2.24) is 30.0 Å². The summed E-state index contributed by atoms with van der Waals surface area (Å²) in [7, 11) is 0. The summed E-state index contributed by atoms with van der Waals surface area (Å²) in [5.74, 6) is 0.558. The molecule has 2 heterocycles. The first kappa shape index (κ1) is 16.3. The van der Waals surface area contributed by atoms with Gasteiger partial charge in [-0.2, -0.15) is 4.68 Å². The zero-order chi connectivity index (χ0) is 16.9. The zero-order valence-corrected chi connectivity index (χ0v) is 14.1. The Morgan fingerprint density at radius 1 is 1.17 bits per heavy atom. The lowest BCUT2D eigenvalue weighted by atomic mass is 10.1. The van der Waals surface area contributed by atoms with Crippen molar-refractivity contribution in [3.05, 3.63) is 41.7 Å². The Kier molecular flexibility index (Phi) is 5.00. The Balaban J connectivity index is 1.89. The summed E-state index contributed by atoms with van der Waals surface area (Å²) in [6.45, 7) is 8.19. The highest BCUT2D eigenvalue weighted by Gasteiger charge is 2.25. The molecule has 7 heteroatoms. The maximum atomic E-state index is 13.1. The molecule has 1 aliphatic heterocycles. The van der Waals surface area contributed by atoms with Crippen LogP contribution >= 0.6 is 0 Å². The van der Waals surface area contributed by atoms with E-state index in [0.717, 1.165) is 38.3 Å². The molecule has 24 heavy (non-hydrogen) atoms. The summed E-state index contributed by atoms with van der Waals surface area (Å²) in [4.78, 5) is 17.3. The summed E-state index contributed by atoms with van der Waals surface area (Å²) >= 11 is 0. The largest absolute Gasteiger partial charge is 0.335 e. The molecule has 0 N–H and O–H groups in total. The highest BCUT2D eigenvalue weighted by molar-refractivity contribution is 6.18. The fourth-order valence-electron chi connectivity index (χ4n) is 2.80. The van der Waals surface area contributed by atoms with Crippen LogP contribution in [0.15, 0.2) is 30.3 Å². The van der Waals surface area contributed by atoms with E-state index in [1.807, 2.05) is 41.3 Å². The molecule has 1 aromatic carbocycles. The average molecular weight is 326 g/mol. The van der Waals surface area contributed by atoms with Gasteiger partial charge in [0, 0.05) is 26.2 Å². The SMILES string of the molecule is CCN1CCN(C(=O)/C(=C\c2ccccc2)n2nnnc2C)CC1. The van der Waals surface area contributed by atoms with Crippen molar-refractivity contribution in [2.24, 2.45) is 0 Å². The molecule has 0 saturated carbocycles. The van der Waals surface area contributed by atoms with Gasteiger partial charge in [0.25, 0.3) is 5.91 Å². The molecule has 7 nitrogen and oxygen atoms in total. The molecule has 1 aromatic heterocycles. The normalized spacial score (nSPS) is 16.4. The first-order valence-corrected chi connectivity index (χ1v) is 8.22. The second kappa shape index (κ2) is 7.35. The summed E-state index contributed by atoms with van der Waals surface area (Å²) in [5.41, 5.74) is 1.43. The van der Waals surface area contributed by atoms with E-state index in [2.05, 4.69) is 27.3 Å². The first-order chi connectivity index (χ1) is 11.7. The van der Waals surface area contributed by atoms with Crippen LogP contribution in [-0.4, -0.2) is 68.6 Å². The molecule has 2 aromatic rings. The van der Waals surface area contributed by atoms with Crippen molar-refractivity contribution in [2.75, 3.05) is 32.7 Å². The van der Waals surface area contributed by atoms with Gasteiger partial charge in [-0.05, 0) is 35.5 Å². The molecule has 3 rings (SSSR count). The molecule has 0 aliphatic carbocycles. The molecular formula is C17H22N6O. The lowest BCUT2D eigenvalue weighted by molar-refractivity contribution is -0.127. The summed E-state index contributed by atoms with van der Waals surface area (Å²) in [6, 6.07) is 9.76. The Bertz CT molecular complexity index is 716. The maximum absolute atomic E-state index is 13.1. The topological polar surface area (TPSA) is 67.2 Å². The molecule has 1 fully saturated rings. The predicted molar refractivity (Wildman–Crippen MR) is 91.9 cm³/mol. The molecule has 1 amide bonds. The number of tetrazole rings is 1. The maximum Gasteiger partial charge on any atom is 0.272 e. The average Bonchev–Trinajstić information content (AvgIpc) is 3.06. The molecule has 0 bridgehead atoms. The van der Waals surface area contributed by atoms with Gasteiger partial charge in [-0.1, -0.05) is 37.3 Å². The van der Waals surface area contributed by atoms with Crippen molar-refractivity contribution in [2.45, 2.75) is 13.8 Å².